The van der Waals surface area contributed by atoms with Crippen molar-refractivity contribution < 1.29 is 0 Å². The first kappa shape index (κ1) is 70.4. The molecule has 2 heteroatoms. The second-order valence-corrected chi connectivity index (χ2v) is 7.24. The van der Waals surface area contributed by atoms with Crippen molar-refractivity contribution in [3.63, 3.8) is 0 Å². The highest BCUT2D eigenvalue weighted by molar-refractivity contribution is 4.89. The van der Waals surface area contributed by atoms with Crippen LogP contribution >= 0.6 is 0 Å². The minimum Gasteiger partial charge on any atom is -0.333 e. The summed E-state index contributed by atoms with van der Waals surface area (Å²) < 4.78 is 0. The van der Waals surface area contributed by atoms with Crippen LogP contribution in [0.1, 0.15) is 190 Å². The third-order valence-electron chi connectivity index (χ3n) is 2.37. The van der Waals surface area contributed by atoms with Crippen molar-refractivity contribution >= 4 is 0 Å². The van der Waals surface area contributed by atoms with Gasteiger partial charge >= 0.3 is 0 Å². The number of nitrogens with one attached hydrogen (secondary N) is 1. The highest BCUT2D eigenvalue weighted by atomic mass is 15.1. The summed E-state index contributed by atoms with van der Waals surface area (Å²) in [6, 6.07) is 1.60. The molecule has 1 saturated heterocycles. The zero-order valence-electron chi connectivity index (χ0n) is 30.9. The molecule has 234 valence electrons. The molecule has 0 aromatic carbocycles. The number of rotatable bonds is 3. The van der Waals surface area contributed by atoms with Gasteiger partial charge in [0.25, 0.3) is 0 Å². The molecule has 0 aromatic heterocycles. The van der Waals surface area contributed by atoms with E-state index >= 15 is 0 Å². The van der Waals surface area contributed by atoms with Crippen LogP contribution in [0.4, 0.5) is 0 Å². The highest BCUT2D eigenvalue weighted by Gasteiger charge is 2.24. The van der Waals surface area contributed by atoms with Gasteiger partial charge in [0.05, 0.1) is 0 Å². The van der Waals surface area contributed by atoms with Gasteiger partial charge in [0.1, 0.15) is 0 Å². The van der Waals surface area contributed by atoms with E-state index in [1.807, 2.05) is 55.4 Å². The third-order valence-corrected chi connectivity index (χ3v) is 2.37. The first-order valence-corrected chi connectivity index (χ1v) is 15.9. The molecule has 0 saturated carbocycles. The lowest BCUT2D eigenvalue weighted by Crippen LogP contribution is -1.74. The molecule has 1 fully saturated rings. The molecule has 1 rings (SSSR count). The molecule has 1 aliphatic heterocycles. The van der Waals surface area contributed by atoms with Gasteiger partial charge in [-0.25, -0.2) is 0 Å². The van der Waals surface area contributed by atoms with Crippen LogP contribution in [-0.2, 0) is 0 Å². The van der Waals surface area contributed by atoms with E-state index in [0.29, 0.717) is 0 Å². The molecule has 0 aromatic rings. The fraction of sp³-hybridized carbons (Fsp3) is 0.941. The predicted octanol–water partition coefficient (Wildman–Crippen LogP) is 12.8. The van der Waals surface area contributed by atoms with Crippen molar-refractivity contribution in [1.82, 2.24) is 5.32 Å². The molecule has 36 heavy (non-hydrogen) atoms. The standard InChI is InChI=1S/C5H12.C4H9N.2C4H10.2C3H8.4C2H6.C2H2.CH5N/c1-3-5-4-2;1-3-4(2)5-3;1-4(2)3;1-3-4-2;2*1-3-2;6*1-2/h3-5H2,1-2H3;3-5H,1-2H3;4H,1-3H3;3-4H2,1-2H3;2*3H2,1-2H3;4*1-2H3;1-2H;2H2,1H3. The first-order valence-electron chi connectivity index (χ1n) is 15.9. The minimum absolute atomic E-state index is 0.801. The van der Waals surface area contributed by atoms with E-state index in [0.717, 1.165) is 18.0 Å². The van der Waals surface area contributed by atoms with Crippen molar-refractivity contribution in [3.8, 4) is 12.8 Å². The largest absolute Gasteiger partial charge is 0.333 e. The second kappa shape index (κ2) is 142. The number of hydrogen-bond donors (Lipinski definition) is 2. The Morgan fingerprint density at radius 1 is 0.528 bits per heavy atom. The fourth-order valence-electron chi connectivity index (χ4n) is 0.713. The maximum Gasteiger partial charge on any atom is 0.0193 e. The van der Waals surface area contributed by atoms with Crippen molar-refractivity contribution in [2.24, 2.45) is 11.7 Å². The summed E-state index contributed by atoms with van der Waals surface area (Å²) in [4.78, 5) is 0. The van der Waals surface area contributed by atoms with E-state index in [1.54, 1.807) is 0 Å². The molecule has 0 bridgehead atoms. The molecule has 2 nitrogen and oxygen atoms in total. The Hall–Kier alpha value is -0.520. The Morgan fingerprint density at radius 3 is 0.639 bits per heavy atom. The highest BCUT2D eigenvalue weighted by Crippen LogP contribution is 2.05. The zero-order chi connectivity index (χ0) is 32.4. The van der Waals surface area contributed by atoms with Gasteiger partial charge in [-0.3, -0.25) is 0 Å². The normalized spacial score (nSPS) is 11.7. The number of nitrogens with two attached hydrogens (primary N) is 1. The summed E-state index contributed by atoms with van der Waals surface area (Å²) in [5.74, 6) is 0.833. The quantitative estimate of drug-likeness (QED) is 0.285. The summed E-state index contributed by atoms with van der Waals surface area (Å²) in [5.41, 5.74) is 4.50. The van der Waals surface area contributed by atoms with Crippen LogP contribution in [0, 0.1) is 18.8 Å². The Labute approximate surface area is 239 Å². The zero-order valence-corrected chi connectivity index (χ0v) is 30.9. The van der Waals surface area contributed by atoms with Gasteiger partial charge in [0, 0.05) is 12.1 Å². The van der Waals surface area contributed by atoms with E-state index in [9.17, 15) is 0 Å². The monoisotopic (exact) mass is 525 g/mol. The lowest BCUT2D eigenvalue weighted by Gasteiger charge is -1.79. The van der Waals surface area contributed by atoms with E-state index in [-0.39, 0.29) is 0 Å². The first-order chi connectivity index (χ1) is 17.2. The maximum atomic E-state index is 4.50. The summed E-state index contributed by atoms with van der Waals surface area (Å²) in [5, 5.41) is 3.19. The average Bonchev–Trinajstić information content (AvgIpc) is 3.59. The summed E-state index contributed by atoms with van der Waals surface area (Å²) in [7, 11) is 1.50. The van der Waals surface area contributed by atoms with Gasteiger partial charge in [-0.05, 0) is 26.8 Å². The molecular weight excluding hydrogens is 436 g/mol. The topological polar surface area (TPSA) is 48.0 Å². The number of terminal acetylenes is 1. The van der Waals surface area contributed by atoms with Crippen LogP contribution < -0.4 is 11.1 Å². The Balaban J connectivity index is -0.0000000215. The van der Waals surface area contributed by atoms with Gasteiger partial charge in [-0.1, -0.05) is 176 Å². The van der Waals surface area contributed by atoms with Gasteiger partial charge in [0.2, 0.25) is 0 Å². The molecule has 1 aliphatic rings. The van der Waals surface area contributed by atoms with E-state index < -0.39 is 0 Å². The van der Waals surface area contributed by atoms with E-state index in [1.165, 1.54) is 52.0 Å². The van der Waals surface area contributed by atoms with Crippen LogP contribution in [0.2, 0.25) is 0 Å². The van der Waals surface area contributed by atoms with Crippen LogP contribution in [0.3, 0.4) is 0 Å². The van der Waals surface area contributed by atoms with Crippen molar-refractivity contribution in [3.05, 3.63) is 0 Å². The van der Waals surface area contributed by atoms with Crippen LogP contribution in [0.15, 0.2) is 0 Å². The van der Waals surface area contributed by atoms with Crippen LogP contribution in [0.5, 0.6) is 0 Å². The summed E-state index contributed by atoms with van der Waals surface area (Å²) >= 11 is 0. The molecular formula is C34H88N2. The molecule has 0 spiro atoms. The lowest BCUT2D eigenvalue weighted by molar-refractivity contribution is 0.737. The van der Waals surface area contributed by atoms with Gasteiger partial charge in [0.15, 0.2) is 0 Å². The maximum absolute atomic E-state index is 4.50. The smallest absolute Gasteiger partial charge is 0.0193 e. The lowest BCUT2D eigenvalue weighted by atomic mass is 10.3. The van der Waals surface area contributed by atoms with Crippen LogP contribution in [0.25, 0.3) is 0 Å². The number of hydrogen-bond acceptors (Lipinski definition) is 2. The molecule has 0 radical (unpaired) electrons. The molecule has 3 N–H and O–H groups in total. The molecule has 2 atom stereocenters. The molecule has 0 aliphatic carbocycles. The fourth-order valence-corrected chi connectivity index (χ4v) is 0.713. The summed E-state index contributed by atoms with van der Waals surface area (Å²) in [6.07, 6.45) is 17.2. The van der Waals surface area contributed by atoms with Crippen LogP contribution in [-0.4, -0.2) is 19.1 Å². The third kappa shape index (κ3) is 491. The second-order valence-electron chi connectivity index (χ2n) is 7.24. The molecule has 0 amide bonds. The Kier molecular flexibility index (Phi) is 278. The van der Waals surface area contributed by atoms with E-state index in [2.05, 4.69) is 114 Å². The SMILES string of the molecule is C#C.CC.CC.CC.CC.CC(C)C.CC1NC1C.CCC.CCC.CCCC.CCCCC.CN. The predicted molar refractivity (Wildman–Crippen MR) is 186 cm³/mol. The average molecular weight is 525 g/mol. The van der Waals surface area contributed by atoms with E-state index in [4.69, 9.17) is 0 Å². The van der Waals surface area contributed by atoms with Crippen molar-refractivity contribution in [2.45, 2.75) is 202 Å². The van der Waals surface area contributed by atoms with Gasteiger partial charge in [-0.15, -0.1) is 12.8 Å². The molecule has 1 heterocycles. The summed E-state index contributed by atoms with van der Waals surface area (Å²) in [6.45, 7) is 44.2. The van der Waals surface area contributed by atoms with Gasteiger partial charge < -0.3 is 11.1 Å². The minimum atomic E-state index is 0.801. The Bertz CT molecular complexity index is 163. The Morgan fingerprint density at radius 2 is 0.639 bits per heavy atom. The number of unbranched alkanes of at least 4 members (excludes halogenated alkanes) is 3. The molecule has 2 unspecified atom stereocenters. The van der Waals surface area contributed by atoms with Gasteiger partial charge in [-0.2, -0.15) is 0 Å². The van der Waals surface area contributed by atoms with Crippen molar-refractivity contribution in [2.75, 3.05) is 7.05 Å². The van der Waals surface area contributed by atoms with Crippen molar-refractivity contribution in [1.29, 1.82) is 0 Å².